The lowest BCUT2D eigenvalue weighted by Crippen LogP contribution is -2.33. The standard InChI is InChI=1S/C13H28N2O/c1-11(10-13(2,3)4)9-12(16)15(6)8-7-14-5/h11,14H,7-10H2,1-6H3. The third-order valence-electron chi connectivity index (χ3n) is 2.61. The molecule has 16 heavy (non-hydrogen) atoms. The molecule has 0 aromatic heterocycles. The van der Waals surface area contributed by atoms with E-state index in [1.807, 2.05) is 19.0 Å². The molecule has 1 unspecified atom stereocenters. The number of carbonyl (C=O) groups excluding carboxylic acids is 1. The van der Waals surface area contributed by atoms with Gasteiger partial charge in [-0.15, -0.1) is 0 Å². The molecule has 0 spiro atoms. The topological polar surface area (TPSA) is 32.3 Å². The summed E-state index contributed by atoms with van der Waals surface area (Å²) in [5.41, 5.74) is 0.309. The number of likely N-dealkylation sites (N-methyl/N-ethyl adjacent to an activating group) is 2. The fourth-order valence-electron chi connectivity index (χ4n) is 1.98. The second-order valence-electron chi connectivity index (χ2n) is 5.99. The van der Waals surface area contributed by atoms with Gasteiger partial charge in [-0.05, 0) is 24.8 Å². The first-order chi connectivity index (χ1) is 7.26. The third-order valence-corrected chi connectivity index (χ3v) is 2.61. The molecule has 0 fully saturated rings. The van der Waals surface area contributed by atoms with Crippen molar-refractivity contribution < 1.29 is 4.79 Å². The van der Waals surface area contributed by atoms with E-state index >= 15 is 0 Å². The first kappa shape index (κ1) is 15.4. The molecule has 0 aromatic rings. The van der Waals surface area contributed by atoms with Gasteiger partial charge in [0.15, 0.2) is 0 Å². The molecule has 3 nitrogen and oxygen atoms in total. The fourth-order valence-corrected chi connectivity index (χ4v) is 1.98. The molecule has 1 N–H and O–H groups in total. The smallest absolute Gasteiger partial charge is 0.222 e. The van der Waals surface area contributed by atoms with Crippen LogP contribution in [0.5, 0.6) is 0 Å². The lowest BCUT2D eigenvalue weighted by Gasteiger charge is -2.25. The average Bonchev–Trinajstić information content (AvgIpc) is 2.10. The summed E-state index contributed by atoms with van der Waals surface area (Å²) in [6.07, 6.45) is 1.76. The predicted octanol–water partition coefficient (Wildman–Crippen LogP) is 2.13. The van der Waals surface area contributed by atoms with Crippen molar-refractivity contribution in [2.75, 3.05) is 27.2 Å². The van der Waals surface area contributed by atoms with Crippen LogP contribution in [0.3, 0.4) is 0 Å². The molecule has 0 aromatic carbocycles. The van der Waals surface area contributed by atoms with E-state index in [9.17, 15) is 4.79 Å². The van der Waals surface area contributed by atoms with Crippen molar-refractivity contribution >= 4 is 5.91 Å². The van der Waals surface area contributed by atoms with E-state index in [4.69, 9.17) is 0 Å². The van der Waals surface area contributed by atoms with Crippen LogP contribution in [0, 0.1) is 11.3 Å². The highest BCUT2D eigenvalue weighted by atomic mass is 16.2. The lowest BCUT2D eigenvalue weighted by atomic mass is 9.84. The van der Waals surface area contributed by atoms with Gasteiger partial charge >= 0.3 is 0 Å². The van der Waals surface area contributed by atoms with Gasteiger partial charge in [0, 0.05) is 26.6 Å². The van der Waals surface area contributed by atoms with Crippen molar-refractivity contribution in [2.45, 2.75) is 40.5 Å². The average molecular weight is 228 g/mol. The molecule has 0 saturated carbocycles. The number of nitrogens with one attached hydrogen (secondary N) is 1. The Labute approximate surface area is 101 Å². The van der Waals surface area contributed by atoms with E-state index in [1.165, 1.54) is 0 Å². The molecule has 0 radical (unpaired) electrons. The van der Waals surface area contributed by atoms with Gasteiger partial charge in [-0.2, -0.15) is 0 Å². The van der Waals surface area contributed by atoms with Gasteiger partial charge in [0.2, 0.25) is 5.91 Å². The van der Waals surface area contributed by atoms with Crippen molar-refractivity contribution in [1.82, 2.24) is 10.2 Å². The maximum atomic E-state index is 11.8. The first-order valence-electron chi connectivity index (χ1n) is 6.15. The summed E-state index contributed by atoms with van der Waals surface area (Å²) in [4.78, 5) is 13.7. The Kier molecular flexibility index (Phi) is 6.65. The summed E-state index contributed by atoms with van der Waals surface area (Å²) in [5, 5.41) is 3.05. The second kappa shape index (κ2) is 6.89. The molecule has 0 bridgehead atoms. The molecule has 0 heterocycles. The summed E-state index contributed by atoms with van der Waals surface area (Å²) in [5.74, 6) is 0.719. The summed E-state index contributed by atoms with van der Waals surface area (Å²) in [7, 11) is 3.78. The van der Waals surface area contributed by atoms with Gasteiger partial charge in [-0.25, -0.2) is 0 Å². The number of rotatable bonds is 6. The number of carbonyl (C=O) groups is 1. The van der Waals surface area contributed by atoms with Crippen LogP contribution in [-0.4, -0.2) is 38.0 Å². The monoisotopic (exact) mass is 228 g/mol. The quantitative estimate of drug-likeness (QED) is 0.755. The van der Waals surface area contributed by atoms with Crippen LogP contribution >= 0.6 is 0 Å². The Morgan fingerprint density at radius 2 is 1.94 bits per heavy atom. The minimum atomic E-state index is 0.256. The molecule has 1 atom stereocenters. The van der Waals surface area contributed by atoms with Crippen LogP contribution in [0.4, 0.5) is 0 Å². The predicted molar refractivity (Wildman–Crippen MR) is 69.4 cm³/mol. The molecule has 96 valence electrons. The number of nitrogens with zero attached hydrogens (tertiary/aromatic N) is 1. The number of hydrogen-bond acceptors (Lipinski definition) is 2. The first-order valence-corrected chi connectivity index (χ1v) is 6.15. The Balaban J connectivity index is 3.94. The zero-order valence-electron chi connectivity index (χ0n) is 11.8. The summed E-state index contributed by atoms with van der Waals surface area (Å²) in [6, 6.07) is 0. The van der Waals surface area contributed by atoms with Gasteiger partial charge in [-0.1, -0.05) is 27.7 Å². The Hall–Kier alpha value is -0.570. The van der Waals surface area contributed by atoms with E-state index in [1.54, 1.807) is 0 Å². The zero-order valence-corrected chi connectivity index (χ0v) is 11.8. The molecule has 3 heteroatoms. The zero-order chi connectivity index (χ0) is 12.8. The second-order valence-corrected chi connectivity index (χ2v) is 5.99. The van der Waals surface area contributed by atoms with Crippen LogP contribution < -0.4 is 5.32 Å². The molecule has 0 aliphatic carbocycles. The Morgan fingerprint density at radius 3 is 2.38 bits per heavy atom. The molecule has 0 aliphatic rings. The molecule has 0 aliphatic heterocycles. The van der Waals surface area contributed by atoms with Crippen LogP contribution in [0.2, 0.25) is 0 Å². The molecular weight excluding hydrogens is 200 g/mol. The molecular formula is C13H28N2O. The van der Waals surface area contributed by atoms with Crippen LogP contribution in [0.15, 0.2) is 0 Å². The maximum Gasteiger partial charge on any atom is 0.222 e. The summed E-state index contributed by atoms with van der Waals surface area (Å²) >= 11 is 0. The maximum absolute atomic E-state index is 11.8. The summed E-state index contributed by atoms with van der Waals surface area (Å²) in [6.45, 7) is 10.5. The highest BCUT2D eigenvalue weighted by Gasteiger charge is 2.19. The number of amides is 1. The number of hydrogen-bond donors (Lipinski definition) is 1. The van der Waals surface area contributed by atoms with Crippen molar-refractivity contribution in [3.05, 3.63) is 0 Å². The van der Waals surface area contributed by atoms with E-state index in [2.05, 4.69) is 33.0 Å². The molecule has 1 amide bonds. The van der Waals surface area contributed by atoms with Crippen molar-refractivity contribution in [3.8, 4) is 0 Å². The van der Waals surface area contributed by atoms with Gasteiger partial charge in [0.25, 0.3) is 0 Å². The van der Waals surface area contributed by atoms with E-state index in [0.29, 0.717) is 17.8 Å². The molecule has 0 rings (SSSR count). The van der Waals surface area contributed by atoms with Gasteiger partial charge in [0.1, 0.15) is 0 Å². The van der Waals surface area contributed by atoms with Crippen molar-refractivity contribution in [3.63, 3.8) is 0 Å². The molecule has 0 saturated heterocycles. The lowest BCUT2D eigenvalue weighted by molar-refractivity contribution is -0.130. The fraction of sp³-hybridized carbons (Fsp3) is 0.923. The minimum Gasteiger partial charge on any atom is -0.344 e. The van der Waals surface area contributed by atoms with Crippen LogP contribution in [0.25, 0.3) is 0 Å². The largest absolute Gasteiger partial charge is 0.344 e. The van der Waals surface area contributed by atoms with Crippen molar-refractivity contribution in [1.29, 1.82) is 0 Å². The highest BCUT2D eigenvalue weighted by molar-refractivity contribution is 5.76. The van der Waals surface area contributed by atoms with Gasteiger partial charge < -0.3 is 10.2 Å². The van der Waals surface area contributed by atoms with E-state index in [-0.39, 0.29) is 5.91 Å². The van der Waals surface area contributed by atoms with Gasteiger partial charge in [0.05, 0.1) is 0 Å². The van der Waals surface area contributed by atoms with Crippen molar-refractivity contribution in [2.24, 2.45) is 11.3 Å². The van der Waals surface area contributed by atoms with Crippen LogP contribution in [-0.2, 0) is 4.79 Å². The van der Waals surface area contributed by atoms with E-state index < -0.39 is 0 Å². The SMILES string of the molecule is CNCCN(C)C(=O)CC(C)CC(C)(C)C. The normalized spacial score (nSPS) is 13.6. The van der Waals surface area contributed by atoms with E-state index in [0.717, 1.165) is 19.5 Å². The minimum absolute atomic E-state index is 0.256. The van der Waals surface area contributed by atoms with Gasteiger partial charge in [-0.3, -0.25) is 4.79 Å². The summed E-state index contributed by atoms with van der Waals surface area (Å²) < 4.78 is 0. The third kappa shape index (κ3) is 7.69. The Morgan fingerprint density at radius 1 is 1.38 bits per heavy atom. The van der Waals surface area contributed by atoms with Crippen LogP contribution in [0.1, 0.15) is 40.5 Å². The highest BCUT2D eigenvalue weighted by Crippen LogP contribution is 2.26. The Bertz CT molecular complexity index is 208.